The molecule has 0 radical (unpaired) electrons. The van der Waals surface area contributed by atoms with Crippen molar-refractivity contribution in [3.8, 4) is 16.9 Å². The normalized spacial score (nSPS) is 19.7. The van der Waals surface area contributed by atoms with Gasteiger partial charge in [-0.05, 0) is 48.1 Å². The Bertz CT molecular complexity index is 858. The predicted molar refractivity (Wildman–Crippen MR) is 108 cm³/mol. The summed E-state index contributed by atoms with van der Waals surface area (Å²) in [5, 5.41) is 2.98. The molecule has 1 N–H and O–H groups in total. The number of hydrogen-bond acceptors (Lipinski definition) is 3. The van der Waals surface area contributed by atoms with E-state index in [0.29, 0.717) is 26.1 Å². The number of rotatable bonds is 5. The van der Waals surface area contributed by atoms with Gasteiger partial charge < -0.3 is 15.0 Å². The van der Waals surface area contributed by atoms with E-state index in [9.17, 15) is 9.59 Å². The molecule has 2 amide bonds. The first-order valence-corrected chi connectivity index (χ1v) is 9.94. The van der Waals surface area contributed by atoms with Gasteiger partial charge in [-0.15, -0.1) is 0 Å². The summed E-state index contributed by atoms with van der Waals surface area (Å²) in [7, 11) is 1.66. The Balaban J connectivity index is 1.56. The number of amides is 2. The Kier molecular flexibility index (Phi) is 5.33. The lowest BCUT2D eigenvalue weighted by Gasteiger charge is -2.24. The van der Waals surface area contributed by atoms with Gasteiger partial charge in [0.1, 0.15) is 5.75 Å². The topological polar surface area (TPSA) is 58.6 Å². The Labute approximate surface area is 165 Å². The number of carbonyl (C=O) groups is 2. The third kappa shape index (κ3) is 4.03. The fourth-order valence-corrected chi connectivity index (χ4v) is 3.86. The van der Waals surface area contributed by atoms with E-state index in [-0.39, 0.29) is 23.7 Å². The van der Waals surface area contributed by atoms with E-state index in [2.05, 4.69) is 17.4 Å². The minimum Gasteiger partial charge on any atom is -0.497 e. The van der Waals surface area contributed by atoms with E-state index in [1.165, 1.54) is 0 Å². The SMILES string of the molecule is COc1ccc(-c2ccccc2C[C@@H]2CN(C(=O)C3CC3)CCNC2=O)cc1. The molecule has 5 nitrogen and oxygen atoms in total. The molecule has 146 valence electrons. The summed E-state index contributed by atoms with van der Waals surface area (Å²) < 4.78 is 5.25. The lowest BCUT2D eigenvalue weighted by molar-refractivity contribution is -0.133. The van der Waals surface area contributed by atoms with Gasteiger partial charge in [-0.1, -0.05) is 36.4 Å². The van der Waals surface area contributed by atoms with E-state index < -0.39 is 0 Å². The van der Waals surface area contributed by atoms with Gasteiger partial charge in [0, 0.05) is 25.6 Å². The molecule has 1 saturated heterocycles. The molecule has 0 unspecified atom stereocenters. The van der Waals surface area contributed by atoms with Gasteiger partial charge in [0.05, 0.1) is 13.0 Å². The van der Waals surface area contributed by atoms with E-state index in [1.54, 1.807) is 7.11 Å². The molecule has 1 aliphatic heterocycles. The van der Waals surface area contributed by atoms with Gasteiger partial charge in [-0.2, -0.15) is 0 Å². The van der Waals surface area contributed by atoms with Crippen molar-refractivity contribution in [2.24, 2.45) is 11.8 Å². The average molecular weight is 378 g/mol. The molecule has 5 heteroatoms. The summed E-state index contributed by atoms with van der Waals surface area (Å²) in [4.78, 5) is 27.1. The highest BCUT2D eigenvalue weighted by Crippen LogP contribution is 2.32. The third-order valence-electron chi connectivity index (χ3n) is 5.62. The lowest BCUT2D eigenvalue weighted by Crippen LogP contribution is -2.38. The van der Waals surface area contributed by atoms with Crippen molar-refractivity contribution in [3.05, 3.63) is 54.1 Å². The fraction of sp³-hybridized carbons (Fsp3) is 0.391. The van der Waals surface area contributed by atoms with E-state index in [1.807, 2.05) is 41.3 Å². The molecule has 1 atom stereocenters. The minimum absolute atomic E-state index is 0.0376. The van der Waals surface area contributed by atoms with Crippen LogP contribution in [0.2, 0.25) is 0 Å². The fourth-order valence-electron chi connectivity index (χ4n) is 3.86. The summed E-state index contributed by atoms with van der Waals surface area (Å²) in [6.07, 6.45) is 2.59. The summed E-state index contributed by atoms with van der Waals surface area (Å²) in [5.41, 5.74) is 3.33. The molecule has 4 rings (SSSR count). The first kappa shape index (κ1) is 18.5. The van der Waals surface area contributed by atoms with Crippen LogP contribution in [0.25, 0.3) is 11.1 Å². The van der Waals surface area contributed by atoms with Crippen LogP contribution >= 0.6 is 0 Å². The molecule has 0 spiro atoms. The van der Waals surface area contributed by atoms with Crippen molar-refractivity contribution < 1.29 is 14.3 Å². The maximum atomic E-state index is 12.6. The second kappa shape index (κ2) is 8.05. The highest BCUT2D eigenvalue weighted by Gasteiger charge is 2.36. The zero-order valence-electron chi connectivity index (χ0n) is 16.2. The number of methoxy groups -OCH3 is 1. The van der Waals surface area contributed by atoms with Crippen molar-refractivity contribution >= 4 is 11.8 Å². The van der Waals surface area contributed by atoms with Crippen molar-refractivity contribution in [1.82, 2.24) is 10.2 Å². The smallest absolute Gasteiger partial charge is 0.225 e. The Morgan fingerprint density at radius 3 is 2.61 bits per heavy atom. The van der Waals surface area contributed by atoms with Crippen molar-refractivity contribution in [1.29, 1.82) is 0 Å². The van der Waals surface area contributed by atoms with Crippen LogP contribution in [0.4, 0.5) is 0 Å². The van der Waals surface area contributed by atoms with Gasteiger partial charge >= 0.3 is 0 Å². The molecule has 1 aliphatic carbocycles. The number of carbonyl (C=O) groups excluding carboxylic acids is 2. The molecule has 28 heavy (non-hydrogen) atoms. The predicted octanol–water partition coefficient (Wildman–Crippen LogP) is 2.89. The van der Waals surface area contributed by atoms with Crippen molar-refractivity contribution in [2.75, 3.05) is 26.7 Å². The summed E-state index contributed by atoms with van der Waals surface area (Å²) >= 11 is 0. The van der Waals surface area contributed by atoms with Crippen molar-refractivity contribution in [2.45, 2.75) is 19.3 Å². The molecule has 2 aromatic rings. The molecule has 0 aromatic heterocycles. The maximum absolute atomic E-state index is 12.6. The quantitative estimate of drug-likeness (QED) is 0.870. The molecular formula is C23H26N2O3. The standard InChI is InChI=1S/C23H26N2O3/c1-28-20-10-8-16(9-11-20)21-5-3-2-4-18(21)14-19-15-25(13-12-24-22(19)26)23(27)17-6-7-17/h2-5,8-11,17,19H,6-7,12-15H2,1H3,(H,24,26)/t19-/m1/s1. The highest BCUT2D eigenvalue weighted by molar-refractivity contribution is 5.84. The van der Waals surface area contributed by atoms with Gasteiger partial charge in [-0.25, -0.2) is 0 Å². The van der Waals surface area contributed by atoms with E-state index in [0.717, 1.165) is 35.3 Å². The first-order chi connectivity index (χ1) is 13.7. The van der Waals surface area contributed by atoms with Gasteiger partial charge in [0.15, 0.2) is 0 Å². The van der Waals surface area contributed by atoms with Crippen LogP contribution in [0.5, 0.6) is 5.75 Å². The zero-order valence-corrected chi connectivity index (χ0v) is 16.2. The average Bonchev–Trinajstić information content (AvgIpc) is 3.58. The largest absolute Gasteiger partial charge is 0.497 e. The van der Waals surface area contributed by atoms with Crippen LogP contribution in [0.15, 0.2) is 48.5 Å². The van der Waals surface area contributed by atoms with Crippen LogP contribution in [0, 0.1) is 11.8 Å². The number of hydrogen-bond donors (Lipinski definition) is 1. The monoisotopic (exact) mass is 378 g/mol. The molecular weight excluding hydrogens is 352 g/mol. The van der Waals surface area contributed by atoms with E-state index >= 15 is 0 Å². The van der Waals surface area contributed by atoms with Gasteiger partial charge in [0.25, 0.3) is 0 Å². The number of benzene rings is 2. The Hall–Kier alpha value is -2.82. The molecule has 0 bridgehead atoms. The molecule has 1 saturated carbocycles. The minimum atomic E-state index is -0.232. The van der Waals surface area contributed by atoms with Crippen LogP contribution in [-0.2, 0) is 16.0 Å². The second-order valence-corrected chi connectivity index (χ2v) is 7.64. The van der Waals surface area contributed by atoms with Crippen LogP contribution in [0.3, 0.4) is 0 Å². The number of ether oxygens (including phenoxy) is 1. The Morgan fingerprint density at radius 1 is 1.14 bits per heavy atom. The van der Waals surface area contributed by atoms with Crippen LogP contribution in [0.1, 0.15) is 18.4 Å². The Morgan fingerprint density at radius 2 is 1.89 bits per heavy atom. The zero-order chi connectivity index (χ0) is 19.5. The number of nitrogens with one attached hydrogen (secondary N) is 1. The second-order valence-electron chi connectivity index (χ2n) is 7.64. The highest BCUT2D eigenvalue weighted by atomic mass is 16.5. The first-order valence-electron chi connectivity index (χ1n) is 9.94. The molecule has 1 heterocycles. The maximum Gasteiger partial charge on any atom is 0.225 e. The summed E-state index contributed by atoms with van der Waals surface area (Å²) in [6.45, 7) is 1.64. The lowest BCUT2D eigenvalue weighted by atomic mass is 9.91. The van der Waals surface area contributed by atoms with E-state index in [4.69, 9.17) is 4.74 Å². The molecule has 2 fully saturated rings. The van der Waals surface area contributed by atoms with Gasteiger partial charge in [0.2, 0.25) is 11.8 Å². The molecule has 2 aliphatic rings. The third-order valence-corrected chi connectivity index (χ3v) is 5.62. The molecule has 2 aromatic carbocycles. The van der Waals surface area contributed by atoms with Crippen LogP contribution < -0.4 is 10.1 Å². The number of nitrogens with zero attached hydrogens (tertiary/aromatic N) is 1. The van der Waals surface area contributed by atoms with Crippen molar-refractivity contribution in [3.63, 3.8) is 0 Å². The van der Waals surface area contributed by atoms with Crippen LogP contribution in [-0.4, -0.2) is 43.5 Å². The summed E-state index contributed by atoms with van der Waals surface area (Å²) in [6, 6.07) is 16.1. The van der Waals surface area contributed by atoms with Gasteiger partial charge in [-0.3, -0.25) is 9.59 Å². The summed E-state index contributed by atoms with van der Waals surface area (Å²) in [5.74, 6) is 1.02.